The molecule has 17 heavy (non-hydrogen) atoms. The third-order valence-electron chi connectivity index (χ3n) is 2.65. The lowest BCUT2D eigenvalue weighted by Gasteiger charge is -2.17. The highest BCUT2D eigenvalue weighted by Gasteiger charge is 2.17. The molecule has 0 saturated carbocycles. The van der Waals surface area contributed by atoms with Crippen molar-refractivity contribution in [2.24, 2.45) is 0 Å². The van der Waals surface area contributed by atoms with Crippen molar-refractivity contribution in [1.82, 2.24) is 4.98 Å². The Hall–Kier alpha value is -2.30. The van der Waals surface area contributed by atoms with Crippen molar-refractivity contribution in [3.8, 4) is 0 Å². The molecule has 1 atom stereocenters. The molecule has 0 aliphatic heterocycles. The average Bonchev–Trinajstić information content (AvgIpc) is 2.69. The summed E-state index contributed by atoms with van der Waals surface area (Å²) in [5, 5.41) is 22.2. The minimum Gasteiger partial charge on any atom is -0.550 e. The summed E-state index contributed by atoms with van der Waals surface area (Å²) in [7, 11) is 0. The maximum Gasteiger partial charge on any atom is 0.0493 e. The van der Waals surface area contributed by atoms with Crippen LogP contribution in [0.3, 0.4) is 0 Å². The number of aromatic amines is 1. The van der Waals surface area contributed by atoms with Gasteiger partial charge in [0.2, 0.25) is 0 Å². The lowest BCUT2D eigenvalue weighted by Crippen LogP contribution is -2.34. The van der Waals surface area contributed by atoms with Crippen molar-refractivity contribution in [2.75, 3.05) is 0 Å². The van der Waals surface area contributed by atoms with E-state index in [2.05, 4.69) is 4.98 Å². The number of hydrogen-bond acceptors (Lipinski definition) is 4. The molecular formula is C12H9NO4-2. The molecule has 0 radical (unpaired) electrons. The van der Waals surface area contributed by atoms with Crippen LogP contribution in [0, 0.1) is 0 Å². The van der Waals surface area contributed by atoms with Crippen molar-refractivity contribution >= 4 is 22.8 Å². The predicted octanol–water partition coefficient (Wildman–Crippen LogP) is -0.859. The van der Waals surface area contributed by atoms with Gasteiger partial charge in [0, 0.05) is 35.0 Å². The van der Waals surface area contributed by atoms with E-state index in [1.54, 1.807) is 24.3 Å². The Labute approximate surface area is 96.7 Å². The summed E-state index contributed by atoms with van der Waals surface area (Å²) in [4.78, 5) is 24.4. The Kier molecular flexibility index (Phi) is 2.82. The second kappa shape index (κ2) is 4.29. The van der Waals surface area contributed by atoms with Crippen LogP contribution in [-0.4, -0.2) is 16.9 Å². The van der Waals surface area contributed by atoms with Gasteiger partial charge in [-0.15, -0.1) is 0 Å². The van der Waals surface area contributed by atoms with E-state index < -0.39 is 24.3 Å². The number of carboxylic acids is 2. The van der Waals surface area contributed by atoms with E-state index in [9.17, 15) is 19.8 Å². The van der Waals surface area contributed by atoms with Crippen LogP contribution in [0.5, 0.6) is 0 Å². The zero-order valence-corrected chi connectivity index (χ0v) is 8.80. The van der Waals surface area contributed by atoms with Crippen LogP contribution >= 0.6 is 0 Å². The van der Waals surface area contributed by atoms with Crippen LogP contribution in [0.1, 0.15) is 17.9 Å². The first-order valence-corrected chi connectivity index (χ1v) is 5.06. The van der Waals surface area contributed by atoms with Gasteiger partial charge >= 0.3 is 0 Å². The zero-order valence-electron chi connectivity index (χ0n) is 8.80. The third-order valence-corrected chi connectivity index (χ3v) is 2.65. The summed E-state index contributed by atoms with van der Waals surface area (Å²) in [6, 6.07) is 7.07. The fraction of sp³-hybridized carbons (Fsp3) is 0.167. The number of carbonyl (C=O) groups excluding carboxylic acids is 2. The van der Waals surface area contributed by atoms with Gasteiger partial charge in [-0.05, 0) is 18.1 Å². The molecule has 2 rings (SSSR count). The highest BCUT2D eigenvalue weighted by atomic mass is 16.4. The number of nitrogens with one attached hydrogen (secondary N) is 1. The van der Waals surface area contributed by atoms with Crippen molar-refractivity contribution in [2.45, 2.75) is 12.3 Å². The average molecular weight is 231 g/mol. The van der Waals surface area contributed by atoms with Gasteiger partial charge in [-0.3, -0.25) is 0 Å². The van der Waals surface area contributed by atoms with Gasteiger partial charge in [0.25, 0.3) is 0 Å². The number of fused-ring (bicyclic) bond motifs is 1. The monoisotopic (exact) mass is 231 g/mol. The fourth-order valence-electron chi connectivity index (χ4n) is 1.87. The summed E-state index contributed by atoms with van der Waals surface area (Å²) in [5.41, 5.74) is 1.16. The van der Waals surface area contributed by atoms with E-state index in [1.165, 1.54) is 6.20 Å². The highest BCUT2D eigenvalue weighted by molar-refractivity contribution is 5.90. The van der Waals surface area contributed by atoms with Gasteiger partial charge in [-0.25, -0.2) is 0 Å². The number of H-pyrrole nitrogens is 1. The first-order chi connectivity index (χ1) is 8.09. The van der Waals surface area contributed by atoms with E-state index in [-0.39, 0.29) is 0 Å². The molecule has 1 heterocycles. The fourth-order valence-corrected chi connectivity index (χ4v) is 1.87. The summed E-state index contributed by atoms with van der Waals surface area (Å²) in [6.45, 7) is 0. The van der Waals surface area contributed by atoms with Crippen molar-refractivity contribution in [3.63, 3.8) is 0 Å². The molecule has 0 spiro atoms. The second-order valence-electron chi connectivity index (χ2n) is 3.74. The Morgan fingerprint density at radius 1 is 1.24 bits per heavy atom. The van der Waals surface area contributed by atoms with Gasteiger partial charge in [0.1, 0.15) is 0 Å². The van der Waals surface area contributed by atoms with Crippen molar-refractivity contribution < 1.29 is 19.8 Å². The smallest absolute Gasteiger partial charge is 0.0493 e. The largest absolute Gasteiger partial charge is 0.550 e. The lowest BCUT2D eigenvalue weighted by atomic mass is 9.95. The maximum absolute atomic E-state index is 11.0. The number of aromatic nitrogens is 1. The SMILES string of the molecule is O=C([O-])C[C@H](C(=O)[O-])c1c[nH]c2ccccc12. The van der Waals surface area contributed by atoms with E-state index in [0.717, 1.165) is 5.52 Å². The van der Waals surface area contributed by atoms with Crippen LogP contribution in [-0.2, 0) is 9.59 Å². The highest BCUT2D eigenvalue weighted by Crippen LogP contribution is 2.27. The van der Waals surface area contributed by atoms with Gasteiger partial charge in [0.05, 0.1) is 0 Å². The molecular weight excluding hydrogens is 222 g/mol. The van der Waals surface area contributed by atoms with Gasteiger partial charge in [-0.1, -0.05) is 18.2 Å². The van der Waals surface area contributed by atoms with Crippen LogP contribution in [0.2, 0.25) is 0 Å². The number of hydrogen-bond donors (Lipinski definition) is 1. The normalized spacial score (nSPS) is 12.5. The van der Waals surface area contributed by atoms with Crippen molar-refractivity contribution in [3.05, 3.63) is 36.0 Å². The summed E-state index contributed by atoms with van der Waals surface area (Å²) >= 11 is 0. The molecule has 2 aromatic rings. The van der Waals surface area contributed by atoms with Gasteiger partial charge in [0.15, 0.2) is 0 Å². The quantitative estimate of drug-likeness (QED) is 0.740. The Bertz CT molecular complexity index is 573. The molecule has 5 nitrogen and oxygen atoms in total. The van der Waals surface area contributed by atoms with E-state index in [1.807, 2.05) is 0 Å². The summed E-state index contributed by atoms with van der Waals surface area (Å²) in [5.74, 6) is -4.03. The first-order valence-electron chi connectivity index (χ1n) is 5.06. The molecule has 0 saturated heterocycles. The molecule has 1 aromatic carbocycles. The molecule has 0 aliphatic rings. The predicted molar refractivity (Wildman–Crippen MR) is 55.7 cm³/mol. The maximum atomic E-state index is 11.0. The molecule has 1 aromatic heterocycles. The third kappa shape index (κ3) is 2.13. The molecule has 0 unspecified atom stereocenters. The van der Waals surface area contributed by atoms with Gasteiger partial charge < -0.3 is 24.8 Å². The summed E-state index contributed by atoms with van der Waals surface area (Å²) < 4.78 is 0. The van der Waals surface area contributed by atoms with E-state index in [0.29, 0.717) is 10.9 Å². The van der Waals surface area contributed by atoms with Crippen LogP contribution in [0.4, 0.5) is 0 Å². The Morgan fingerprint density at radius 3 is 2.59 bits per heavy atom. The summed E-state index contributed by atoms with van der Waals surface area (Å²) in [6.07, 6.45) is 0.901. The lowest BCUT2D eigenvalue weighted by molar-refractivity contribution is -0.317. The molecule has 88 valence electrons. The second-order valence-corrected chi connectivity index (χ2v) is 3.74. The van der Waals surface area contributed by atoms with Crippen LogP contribution in [0.15, 0.2) is 30.5 Å². The zero-order chi connectivity index (χ0) is 12.4. The van der Waals surface area contributed by atoms with E-state index in [4.69, 9.17) is 0 Å². The van der Waals surface area contributed by atoms with Gasteiger partial charge in [-0.2, -0.15) is 0 Å². The number of benzene rings is 1. The molecule has 0 aliphatic carbocycles. The topological polar surface area (TPSA) is 96.0 Å². The minimum absolute atomic E-state index is 0.407. The first kappa shape index (κ1) is 11.2. The van der Waals surface area contributed by atoms with Crippen molar-refractivity contribution in [1.29, 1.82) is 0 Å². The number of carbonyl (C=O) groups is 2. The molecule has 5 heteroatoms. The number of para-hydroxylation sites is 1. The minimum atomic E-state index is -1.42. The Morgan fingerprint density at radius 2 is 1.94 bits per heavy atom. The van der Waals surface area contributed by atoms with E-state index >= 15 is 0 Å². The standard InChI is InChI=1S/C12H11NO4/c14-11(15)5-8(12(16)17)9-6-13-10-4-2-1-3-7(9)10/h1-4,6,8,13H,5H2,(H,14,15)(H,16,17)/p-2/t8-/m0/s1. The number of aliphatic carboxylic acids is 2. The van der Waals surface area contributed by atoms with Crippen LogP contribution in [0.25, 0.3) is 10.9 Å². The van der Waals surface area contributed by atoms with Crippen LogP contribution < -0.4 is 10.2 Å². The molecule has 0 amide bonds. The molecule has 0 fully saturated rings. The molecule has 0 bridgehead atoms. The molecule has 1 N–H and O–H groups in total. The number of rotatable bonds is 4. The number of carboxylic acid groups (broad SMARTS) is 2. The Balaban J connectivity index is 2.48.